The van der Waals surface area contributed by atoms with Gasteiger partial charge in [0.2, 0.25) is 0 Å². The number of anilines is 1. The van der Waals surface area contributed by atoms with Crippen molar-refractivity contribution in [2.75, 3.05) is 25.6 Å². The van der Waals surface area contributed by atoms with Gasteiger partial charge < -0.3 is 10.2 Å². The van der Waals surface area contributed by atoms with Crippen LogP contribution in [0.25, 0.3) is 0 Å². The van der Waals surface area contributed by atoms with Crippen LogP contribution in [0.1, 0.15) is 12.8 Å². The summed E-state index contributed by atoms with van der Waals surface area (Å²) in [5, 5.41) is 2.56. The lowest BCUT2D eigenvalue weighted by Gasteiger charge is -2.17. The van der Waals surface area contributed by atoms with E-state index in [0.29, 0.717) is 10.9 Å². The van der Waals surface area contributed by atoms with Gasteiger partial charge in [-0.25, -0.2) is 9.99 Å². The van der Waals surface area contributed by atoms with Gasteiger partial charge in [0.25, 0.3) is 0 Å². The quantitative estimate of drug-likeness (QED) is 0.871. The summed E-state index contributed by atoms with van der Waals surface area (Å²) in [4.78, 5) is 4.04. The van der Waals surface area contributed by atoms with E-state index in [4.69, 9.17) is 16.3 Å². The van der Waals surface area contributed by atoms with Crippen LogP contribution in [-0.4, -0.2) is 30.2 Å². The highest BCUT2D eigenvalue weighted by atomic mass is 35.5. The lowest BCUT2D eigenvalue weighted by atomic mass is 10.4. The Bertz CT molecular complexity index is 346. The fourth-order valence-corrected chi connectivity index (χ4v) is 1.82. The molecule has 1 aromatic heterocycles. The predicted molar refractivity (Wildman–Crippen MR) is 74.7 cm³/mol. The average Bonchev–Trinajstić information content (AvgIpc) is 2.73. The standard InChI is InChI=1S/C10H14ClN3O.2ClH/c1-15-9-6-8(7-12-10(9)11)13-14-4-2-3-5-14;;/h6-7,13H,2-5H2,1H3;2*1H. The number of hydrogen-bond acceptors (Lipinski definition) is 4. The molecular formula is C10H16Cl3N3O. The molecule has 0 aliphatic carbocycles. The van der Waals surface area contributed by atoms with Crippen molar-refractivity contribution in [1.29, 1.82) is 0 Å². The summed E-state index contributed by atoms with van der Waals surface area (Å²) in [6, 6.07) is 1.85. The van der Waals surface area contributed by atoms with Crippen LogP contribution in [0.2, 0.25) is 5.15 Å². The van der Waals surface area contributed by atoms with E-state index in [9.17, 15) is 0 Å². The minimum atomic E-state index is 0. The van der Waals surface area contributed by atoms with Gasteiger partial charge in [0, 0.05) is 19.2 Å². The van der Waals surface area contributed by atoms with Crippen molar-refractivity contribution in [3.8, 4) is 5.75 Å². The highest BCUT2D eigenvalue weighted by Gasteiger charge is 2.12. The maximum absolute atomic E-state index is 5.84. The molecule has 4 nitrogen and oxygen atoms in total. The van der Waals surface area contributed by atoms with Crippen LogP contribution >= 0.6 is 36.4 Å². The Morgan fingerprint density at radius 1 is 1.35 bits per heavy atom. The monoisotopic (exact) mass is 299 g/mol. The van der Waals surface area contributed by atoms with Crippen molar-refractivity contribution < 1.29 is 4.74 Å². The smallest absolute Gasteiger partial charge is 0.171 e. The van der Waals surface area contributed by atoms with Crippen LogP contribution in [0, 0.1) is 0 Å². The summed E-state index contributed by atoms with van der Waals surface area (Å²) in [7, 11) is 1.59. The number of nitrogens with zero attached hydrogens (tertiary/aromatic N) is 2. The van der Waals surface area contributed by atoms with Gasteiger partial charge in [0.1, 0.15) is 0 Å². The zero-order chi connectivity index (χ0) is 10.7. The van der Waals surface area contributed by atoms with Crippen molar-refractivity contribution in [3.05, 3.63) is 17.4 Å². The Kier molecular flexibility index (Phi) is 7.63. The van der Waals surface area contributed by atoms with E-state index in [2.05, 4.69) is 15.4 Å². The molecule has 17 heavy (non-hydrogen) atoms. The van der Waals surface area contributed by atoms with Crippen molar-refractivity contribution in [3.63, 3.8) is 0 Å². The Balaban J connectivity index is 0.00000128. The maximum atomic E-state index is 5.84. The average molecular weight is 301 g/mol. The molecule has 1 aromatic rings. The van der Waals surface area contributed by atoms with Crippen LogP contribution < -0.4 is 10.2 Å². The third-order valence-electron chi connectivity index (χ3n) is 2.42. The number of nitrogens with one attached hydrogen (secondary N) is 1. The van der Waals surface area contributed by atoms with Gasteiger partial charge in [-0.3, -0.25) is 0 Å². The van der Waals surface area contributed by atoms with Gasteiger partial charge in [0.15, 0.2) is 10.9 Å². The van der Waals surface area contributed by atoms with Crippen molar-refractivity contribution in [2.24, 2.45) is 0 Å². The molecule has 1 aliphatic heterocycles. The number of hydrogen-bond donors (Lipinski definition) is 1. The molecule has 1 saturated heterocycles. The molecule has 1 aliphatic rings. The minimum absolute atomic E-state index is 0. The van der Waals surface area contributed by atoms with Gasteiger partial charge in [-0.05, 0) is 12.8 Å². The van der Waals surface area contributed by atoms with E-state index in [1.807, 2.05) is 6.07 Å². The fourth-order valence-electron chi connectivity index (χ4n) is 1.64. The Morgan fingerprint density at radius 2 is 2.00 bits per heavy atom. The van der Waals surface area contributed by atoms with E-state index in [1.54, 1.807) is 13.3 Å². The summed E-state index contributed by atoms with van der Waals surface area (Å²) < 4.78 is 5.10. The van der Waals surface area contributed by atoms with Crippen molar-refractivity contribution >= 4 is 42.1 Å². The fraction of sp³-hybridized carbons (Fsp3) is 0.500. The number of hydrazine groups is 1. The number of halogens is 3. The summed E-state index contributed by atoms with van der Waals surface area (Å²) in [6.45, 7) is 2.15. The molecular weight excluding hydrogens is 284 g/mol. The molecule has 1 fully saturated rings. The first-order valence-electron chi connectivity index (χ1n) is 5.01. The zero-order valence-electron chi connectivity index (χ0n) is 9.48. The van der Waals surface area contributed by atoms with Gasteiger partial charge in [0.05, 0.1) is 19.0 Å². The van der Waals surface area contributed by atoms with Crippen LogP contribution in [0.4, 0.5) is 5.69 Å². The number of pyridine rings is 1. The highest BCUT2D eigenvalue weighted by molar-refractivity contribution is 6.30. The maximum Gasteiger partial charge on any atom is 0.171 e. The van der Waals surface area contributed by atoms with E-state index < -0.39 is 0 Å². The Hall–Kier alpha value is -0.420. The van der Waals surface area contributed by atoms with Crippen LogP contribution in [0.3, 0.4) is 0 Å². The topological polar surface area (TPSA) is 37.4 Å². The lowest BCUT2D eigenvalue weighted by Crippen LogP contribution is -2.26. The van der Waals surface area contributed by atoms with Gasteiger partial charge in [-0.15, -0.1) is 24.8 Å². The molecule has 0 atom stereocenters. The molecule has 0 amide bonds. The third-order valence-corrected chi connectivity index (χ3v) is 2.70. The number of ether oxygens (including phenoxy) is 1. The predicted octanol–water partition coefficient (Wildman–Crippen LogP) is 3.01. The number of methoxy groups -OCH3 is 1. The third kappa shape index (κ3) is 4.39. The molecule has 0 saturated carbocycles. The van der Waals surface area contributed by atoms with E-state index in [-0.39, 0.29) is 24.8 Å². The molecule has 98 valence electrons. The largest absolute Gasteiger partial charge is 0.493 e. The zero-order valence-corrected chi connectivity index (χ0v) is 11.9. The molecule has 0 unspecified atom stereocenters. The highest BCUT2D eigenvalue weighted by Crippen LogP contribution is 2.25. The minimum Gasteiger partial charge on any atom is -0.493 e. The summed E-state index contributed by atoms with van der Waals surface area (Å²) in [6.07, 6.45) is 4.19. The Labute approximate surface area is 118 Å². The summed E-state index contributed by atoms with van der Waals surface area (Å²) in [5.41, 5.74) is 4.19. The summed E-state index contributed by atoms with van der Waals surface area (Å²) >= 11 is 5.84. The van der Waals surface area contributed by atoms with Crippen LogP contribution in [0.15, 0.2) is 12.3 Å². The normalized spacial score (nSPS) is 14.7. The van der Waals surface area contributed by atoms with E-state index >= 15 is 0 Å². The molecule has 0 spiro atoms. The Morgan fingerprint density at radius 3 is 2.59 bits per heavy atom. The van der Waals surface area contributed by atoms with Gasteiger partial charge >= 0.3 is 0 Å². The molecule has 0 radical (unpaired) electrons. The first-order chi connectivity index (χ1) is 7.29. The second-order valence-corrected chi connectivity index (χ2v) is 3.88. The number of rotatable bonds is 3. The van der Waals surface area contributed by atoms with Crippen LogP contribution in [0.5, 0.6) is 5.75 Å². The van der Waals surface area contributed by atoms with Crippen molar-refractivity contribution in [2.45, 2.75) is 12.8 Å². The first-order valence-corrected chi connectivity index (χ1v) is 5.38. The molecule has 2 rings (SSSR count). The molecule has 1 N–H and O–H groups in total. The molecule has 0 aromatic carbocycles. The first kappa shape index (κ1) is 16.6. The second kappa shape index (κ2) is 7.82. The molecule has 7 heteroatoms. The number of aromatic nitrogens is 1. The van der Waals surface area contributed by atoms with Gasteiger partial charge in [-0.1, -0.05) is 11.6 Å². The van der Waals surface area contributed by atoms with E-state index in [1.165, 1.54) is 12.8 Å². The second-order valence-electron chi connectivity index (χ2n) is 3.52. The molecule has 0 bridgehead atoms. The van der Waals surface area contributed by atoms with Crippen LogP contribution in [-0.2, 0) is 0 Å². The van der Waals surface area contributed by atoms with E-state index in [0.717, 1.165) is 18.8 Å². The van der Waals surface area contributed by atoms with Gasteiger partial charge in [-0.2, -0.15) is 0 Å². The molecule has 2 heterocycles. The SMILES string of the molecule is COc1cc(NN2CCCC2)cnc1Cl.Cl.Cl. The van der Waals surface area contributed by atoms with Crippen molar-refractivity contribution in [1.82, 2.24) is 9.99 Å². The lowest BCUT2D eigenvalue weighted by molar-refractivity contribution is 0.403. The summed E-state index contributed by atoms with van der Waals surface area (Å²) in [5.74, 6) is 0.598.